The molecular weight excluding hydrogens is 378 g/mol. The van der Waals surface area contributed by atoms with Crippen molar-refractivity contribution in [1.82, 2.24) is 0 Å². The molecule has 0 saturated heterocycles. The van der Waals surface area contributed by atoms with Crippen LogP contribution in [0.4, 0.5) is 5.69 Å². The number of fused-ring (bicyclic) bond motifs is 2. The molecule has 0 aromatic heterocycles. The van der Waals surface area contributed by atoms with Crippen LogP contribution in [0.25, 0.3) is 5.57 Å². The molecule has 0 radical (unpaired) electrons. The first-order chi connectivity index (χ1) is 15.1. The number of nitrogens with zero attached hydrogens (tertiary/aromatic N) is 1. The lowest BCUT2D eigenvalue weighted by Crippen LogP contribution is -2.16. The number of allylic oxidation sites excluding steroid dienone is 1. The summed E-state index contributed by atoms with van der Waals surface area (Å²) in [5.41, 5.74) is 9.63. The molecule has 2 heteroatoms. The zero-order valence-electron chi connectivity index (χ0n) is 20.5. The van der Waals surface area contributed by atoms with Gasteiger partial charge in [-0.05, 0) is 53.7 Å². The molecule has 0 spiro atoms. The Balaban J connectivity index is 0.000000614. The van der Waals surface area contributed by atoms with E-state index in [-0.39, 0.29) is 6.61 Å². The normalized spacial score (nSPS) is 12.5. The van der Waals surface area contributed by atoms with Gasteiger partial charge in [0.05, 0.1) is 0 Å². The van der Waals surface area contributed by atoms with Gasteiger partial charge in [0.25, 0.3) is 0 Å². The summed E-state index contributed by atoms with van der Waals surface area (Å²) >= 11 is 0. The smallest absolute Gasteiger partial charge is 0.0471 e. The van der Waals surface area contributed by atoms with Gasteiger partial charge in [-0.15, -0.1) is 0 Å². The Hall–Kier alpha value is -2.06. The van der Waals surface area contributed by atoms with Gasteiger partial charge in [-0.25, -0.2) is 0 Å². The Morgan fingerprint density at radius 1 is 0.871 bits per heavy atom. The minimum Gasteiger partial charge on any atom is -0.396 e. The predicted octanol–water partition coefficient (Wildman–Crippen LogP) is 7.77. The van der Waals surface area contributed by atoms with Gasteiger partial charge in [-0.3, -0.25) is 0 Å². The molecule has 2 nitrogen and oxygen atoms in total. The van der Waals surface area contributed by atoms with E-state index < -0.39 is 0 Å². The van der Waals surface area contributed by atoms with Crippen molar-refractivity contribution < 1.29 is 5.11 Å². The van der Waals surface area contributed by atoms with Crippen LogP contribution < -0.4 is 4.90 Å². The summed E-state index contributed by atoms with van der Waals surface area (Å²) in [7, 11) is 2.18. The third-order valence-electron chi connectivity index (χ3n) is 6.00. The van der Waals surface area contributed by atoms with E-state index in [0.29, 0.717) is 6.42 Å². The number of aliphatic hydroxyl groups is 1. The molecule has 0 amide bonds. The first-order valence-electron chi connectivity index (χ1n) is 12.4. The number of benzene rings is 2. The topological polar surface area (TPSA) is 23.5 Å². The molecular formula is C29H43NO. The Kier molecular flexibility index (Phi) is 10.9. The van der Waals surface area contributed by atoms with E-state index in [2.05, 4.69) is 82.1 Å². The monoisotopic (exact) mass is 421 g/mol. The molecule has 1 aliphatic heterocycles. The Morgan fingerprint density at radius 2 is 1.55 bits per heavy atom. The fraction of sp³-hybridized carbons (Fsp3) is 0.517. The highest BCUT2D eigenvalue weighted by Crippen LogP contribution is 2.41. The summed E-state index contributed by atoms with van der Waals surface area (Å²) in [5.74, 6) is 0. The summed E-state index contributed by atoms with van der Waals surface area (Å²) < 4.78 is 0. The molecule has 31 heavy (non-hydrogen) atoms. The zero-order valence-corrected chi connectivity index (χ0v) is 20.5. The lowest BCUT2D eigenvalue weighted by atomic mass is 9.86. The number of hydrogen-bond donors (Lipinski definition) is 1. The van der Waals surface area contributed by atoms with Crippen LogP contribution in [0.1, 0.15) is 94.9 Å². The van der Waals surface area contributed by atoms with Crippen LogP contribution >= 0.6 is 0 Å². The highest BCUT2D eigenvalue weighted by Gasteiger charge is 2.23. The van der Waals surface area contributed by atoms with E-state index in [4.69, 9.17) is 0 Å². The SMILES string of the molecule is CCCC(CCC)=C1c2ccccc2CN(C)c2ccc(CCO)cc21.CCCCC. The van der Waals surface area contributed by atoms with Crippen LogP contribution in [-0.2, 0) is 13.0 Å². The molecule has 0 bridgehead atoms. The minimum atomic E-state index is 0.195. The van der Waals surface area contributed by atoms with E-state index >= 15 is 0 Å². The minimum absolute atomic E-state index is 0.195. The average Bonchev–Trinajstić information content (AvgIpc) is 2.88. The fourth-order valence-corrected chi connectivity index (χ4v) is 4.50. The Bertz CT molecular complexity index is 826. The first kappa shape index (κ1) is 25.2. The quantitative estimate of drug-likeness (QED) is 0.470. The zero-order chi connectivity index (χ0) is 22.6. The molecule has 1 N–H and O–H groups in total. The van der Waals surface area contributed by atoms with Crippen LogP contribution in [0.3, 0.4) is 0 Å². The van der Waals surface area contributed by atoms with Gasteiger partial charge in [0, 0.05) is 31.5 Å². The largest absolute Gasteiger partial charge is 0.396 e. The maximum absolute atomic E-state index is 9.41. The summed E-state index contributed by atoms with van der Waals surface area (Å²) in [6.45, 7) is 10.1. The highest BCUT2D eigenvalue weighted by molar-refractivity contribution is 5.91. The number of aliphatic hydroxyl groups excluding tert-OH is 1. The number of anilines is 1. The second-order valence-electron chi connectivity index (χ2n) is 8.67. The van der Waals surface area contributed by atoms with Gasteiger partial charge >= 0.3 is 0 Å². The van der Waals surface area contributed by atoms with Crippen molar-refractivity contribution in [2.45, 2.75) is 85.6 Å². The van der Waals surface area contributed by atoms with E-state index in [1.807, 2.05) is 0 Å². The molecule has 2 aromatic carbocycles. The summed E-state index contributed by atoms with van der Waals surface area (Å²) in [6, 6.07) is 15.6. The van der Waals surface area contributed by atoms with Crippen LogP contribution in [0.5, 0.6) is 0 Å². The Morgan fingerprint density at radius 3 is 2.13 bits per heavy atom. The van der Waals surface area contributed by atoms with Crippen molar-refractivity contribution in [3.8, 4) is 0 Å². The molecule has 0 aliphatic carbocycles. The second kappa shape index (κ2) is 13.4. The second-order valence-corrected chi connectivity index (χ2v) is 8.67. The van der Waals surface area contributed by atoms with Gasteiger partial charge in [-0.2, -0.15) is 0 Å². The first-order valence-corrected chi connectivity index (χ1v) is 12.4. The molecule has 1 aliphatic rings. The molecule has 2 aromatic rings. The predicted molar refractivity (Wildman–Crippen MR) is 137 cm³/mol. The van der Waals surface area contributed by atoms with Crippen molar-refractivity contribution >= 4 is 11.3 Å². The number of rotatable bonds is 8. The third kappa shape index (κ3) is 6.71. The van der Waals surface area contributed by atoms with Crippen molar-refractivity contribution in [3.63, 3.8) is 0 Å². The van der Waals surface area contributed by atoms with E-state index in [9.17, 15) is 5.11 Å². The maximum atomic E-state index is 9.41. The number of hydrogen-bond acceptors (Lipinski definition) is 2. The van der Waals surface area contributed by atoms with Gasteiger partial charge in [-0.1, -0.05) is 95.7 Å². The van der Waals surface area contributed by atoms with Crippen LogP contribution in [0.2, 0.25) is 0 Å². The van der Waals surface area contributed by atoms with Gasteiger partial charge < -0.3 is 10.0 Å². The summed E-state index contributed by atoms with van der Waals surface area (Å²) in [4.78, 5) is 2.36. The lowest BCUT2D eigenvalue weighted by Gasteiger charge is -2.21. The number of unbranched alkanes of at least 4 members (excludes halogenated alkanes) is 2. The van der Waals surface area contributed by atoms with Crippen molar-refractivity contribution in [2.75, 3.05) is 18.6 Å². The van der Waals surface area contributed by atoms with Crippen molar-refractivity contribution in [3.05, 3.63) is 70.3 Å². The van der Waals surface area contributed by atoms with Crippen LogP contribution in [-0.4, -0.2) is 18.8 Å². The van der Waals surface area contributed by atoms with Crippen molar-refractivity contribution in [1.29, 1.82) is 0 Å². The van der Waals surface area contributed by atoms with Crippen LogP contribution in [0.15, 0.2) is 48.0 Å². The lowest BCUT2D eigenvalue weighted by molar-refractivity contribution is 0.299. The maximum Gasteiger partial charge on any atom is 0.0471 e. The molecule has 3 rings (SSSR count). The molecule has 0 saturated carbocycles. The van der Waals surface area contributed by atoms with Gasteiger partial charge in [0.2, 0.25) is 0 Å². The van der Waals surface area contributed by atoms with E-state index in [1.54, 1.807) is 5.57 Å². The molecule has 0 unspecified atom stereocenters. The summed E-state index contributed by atoms with van der Waals surface area (Å²) in [5, 5.41) is 9.41. The van der Waals surface area contributed by atoms with E-state index in [1.165, 1.54) is 65.6 Å². The third-order valence-corrected chi connectivity index (χ3v) is 6.00. The highest BCUT2D eigenvalue weighted by atomic mass is 16.2. The van der Waals surface area contributed by atoms with Crippen LogP contribution in [0, 0.1) is 0 Å². The molecule has 170 valence electrons. The molecule has 0 atom stereocenters. The molecule has 0 fully saturated rings. The van der Waals surface area contributed by atoms with Crippen molar-refractivity contribution in [2.24, 2.45) is 0 Å². The molecule has 1 heterocycles. The van der Waals surface area contributed by atoms with Gasteiger partial charge in [0.15, 0.2) is 0 Å². The Labute approximate surface area is 191 Å². The fourth-order valence-electron chi connectivity index (χ4n) is 4.50. The van der Waals surface area contributed by atoms with Gasteiger partial charge in [0.1, 0.15) is 0 Å². The standard InChI is InChI=1S/C24H31NO.C5H12/c1-4-8-19(9-5-2)24-21-11-7-6-10-20(21)17-25(3)23-13-12-18(14-15-26)16-22(23)24;1-3-5-4-2/h6-7,10-13,16,26H,4-5,8-9,14-15,17H2,1-3H3;3-5H2,1-2H3. The van der Waals surface area contributed by atoms with E-state index in [0.717, 1.165) is 19.4 Å². The average molecular weight is 422 g/mol. The summed E-state index contributed by atoms with van der Waals surface area (Å²) in [6.07, 6.45) is 9.41.